The normalized spacial score (nSPS) is 15.9. The Morgan fingerprint density at radius 1 is 0.594 bits per heavy atom. The van der Waals surface area contributed by atoms with Gasteiger partial charge in [0, 0.05) is 59.8 Å². The second-order valence-corrected chi connectivity index (χ2v) is 33.6. The van der Waals surface area contributed by atoms with Gasteiger partial charge in [0.1, 0.15) is 55.7 Å². The molecular formula is C102H122N12O24. The first kappa shape index (κ1) is 102. The highest BCUT2D eigenvalue weighted by Crippen LogP contribution is 2.44. The highest BCUT2D eigenvalue weighted by atomic mass is 16.7. The molecule has 6 heterocycles. The Labute approximate surface area is 800 Å². The van der Waals surface area contributed by atoms with E-state index in [1.807, 2.05) is 73.7 Å². The number of phenolic OH excluding ortho intramolecular Hbond substituents is 1. The number of pyridine rings is 2. The first-order valence-corrected chi connectivity index (χ1v) is 47.0. The molecule has 0 unspecified atom stereocenters. The Bertz CT molecular complexity index is 5570. The maximum absolute atomic E-state index is 14.8. The van der Waals surface area contributed by atoms with E-state index in [1.54, 1.807) is 102 Å². The van der Waals surface area contributed by atoms with Crippen LogP contribution in [0.4, 0.5) is 10.5 Å². The number of hydrogen-bond donors (Lipinski definition) is 7. The topological polar surface area (TPSA) is 435 Å². The van der Waals surface area contributed by atoms with Crippen molar-refractivity contribution in [2.45, 2.75) is 134 Å². The molecule has 9 aromatic rings. The van der Waals surface area contributed by atoms with E-state index in [2.05, 4.69) is 66.5 Å². The average molecular weight is 1900 g/mol. The Morgan fingerprint density at radius 3 is 1.80 bits per heavy atom. The molecule has 4 aliphatic rings. The maximum Gasteiger partial charge on any atom is 0.510 e. The van der Waals surface area contributed by atoms with E-state index in [1.165, 1.54) is 17.1 Å². The molecule has 7 amide bonds. The van der Waals surface area contributed by atoms with Crippen LogP contribution in [-0.4, -0.2) is 246 Å². The van der Waals surface area contributed by atoms with Gasteiger partial charge >= 0.3 is 12.1 Å². The lowest BCUT2D eigenvalue weighted by atomic mass is 9.77. The zero-order chi connectivity index (χ0) is 96.9. The molecule has 3 aromatic heterocycles. The number of fused-ring (bicyclic) bond motifs is 5. The lowest BCUT2D eigenvalue weighted by molar-refractivity contribution is -0.175. The number of methoxy groups -OCH3 is 1. The first-order valence-electron chi connectivity index (χ1n) is 47.0. The molecule has 0 spiro atoms. The molecule has 36 heteroatoms. The number of aryl methyl sites for hydroxylation is 1. The van der Waals surface area contributed by atoms with Crippen LogP contribution in [0.3, 0.4) is 0 Å². The summed E-state index contributed by atoms with van der Waals surface area (Å²) in [7, 11) is 1.62. The van der Waals surface area contributed by atoms with Crippen LogP contribution < -0.4 is 42.2 Å². The summed E-state index contributed by atoms with van der Waals surface area (Å²) in [4.78, 5) is 141. The number of nitrogens with one attached hydrogen (secondary N) is 6. The molecular weight excluding hydrogens is 1780 g/mol. The minimum atomic E-state index is -2.06. The number of esters is 1. The van der Waals surface area contributed by atoms with Crippen LogP contribution in [0.25, 0.3) is 22.3 Å². The van der Waals surface area contributed by atoms with Crippen LogP contribution >= 0.6 is 0 Å². The number of phenols is 1. The summed E-state index contributed by atoms with van der Waals surface area (Å²) in [6.07, 6.45) is 7.71. The van der Waals surface area contributed by atoms with Gasteiger partial charge in [0.25, 0.3) is 17.4 Å². The minimum Gasteiger partial charge on any atom is -0.508 e. The largest absolute Gasteiger partial charge is 0.510 e. The molecule has 3 aliphatic heterocycles. The lowest BCUT2D eigenvalue weighted by Gasteiger charge is -2.37. The zero-order valence-corrected chi connectivity index (χ0v) is 78.1. The average Bonchev–Trinajstić information content (AvgIpc) is 1.49. The fourth-order valence-corrected chi connectivity index (χ4v) is 17.2. The van der Waals surface area contributed by atoms with Gasteiger partial charge in [-0.3, -0.25) is 48.6 Å². The van der Waals surface area contributed by atoms with Crippen LogP contribution in [0.2, 0.25) is 0 Å². The highest BCUT2D eigenvalue weighted by Gasteiger charge is 2.51. The molecule has 3 atom stereocenters. The van der Waals surface area contributed by atoms with E-state index in [9.17, 15) is 53.1 Å². The summed E-state index contributed by atoms with van der Waals surface area (Å²) in [5, 5.41) is 37.6. The fourth-order valence-electron chi connectivity index (χ4n) is 17.2. The third kappa shape index (κ3) is 28.4. The van der Waals surface area contributed by atoms with Crippen molar-refractivity contribution in [1.29, 1.82) is 0 Å². The van der Waals surface area contributed by atoms with Crippen molar-refractivity contribution in [3.8, 4) is 22.9 Å². The number of anilines is 1. The number of rotatable bonds is 58. The number of nitrogens with zero attached hydrogens (tertiary/aromatic N) is 6. The third-order valence-electron chi connectivity index (χ3n) is 24.5. The monoisotopic (exact) mass is 1900 g/mol. The van der Waals surface area contributed by atoms with Gasteiger partial charge in [-0.25, -0.2) is 19.3 Å². The lowest BCUT2D eigenvalue weighted by Crippen LogP contribution is -2.54. The third-order valence-corrected chi connectivity index (χ3v) is 24.5. The van der Waals surface area contributed by atoms with E-state index in [0.717, 1.165) is 46.0 Å². The van der Waals surface area contributed by atoms with Crippen LogP contribution in [-0.2, 0) is 152 Å². The van der Waals surface area contributed by atoms with Crippen molar-refractivity contribution in [3.63, 3.8) is 0 Å². The first-order chi connectivity index (χ1) is 67.3. The van der Waals surface area contributed by atoms with Gasteiger partial charge in [0.15, 0.2) is 0 Å². The standard InChI is InChI=1S/C102H122N12O24/c1-4-81-82-60-79(115)34-37-86(82)108-94-83(81)65-113-89(94)61-85-84(98(113)123)67-136-99(124)101(85,5-2)138-100(125)137-66-72-26-32-77(33-27-72)106-96(121)87(23-15-16-40-105-102(74-19-11-7-12-20-74,75-21-13-8-14-22-75)76-30-35-80(126-3)36-31-76)109-97(122)88(59-70-17-9-6-10-18-70)107-91(117)69-135-68-90(116)103-41-43-127-45-47-129-49-51-131-53-55-133-57-58-134-56-54-132-52-50-130-48-46-128-44-42-112-64-78(110-111-112)62-104-95(120)73-28-24-71(25-29-73)63-114-92(118)38-39-93(114)119/h6-14,17-22,26-27,30-39,60-61,64,71,73,87-88,105,115H,4-5,15-16,23-25,28-29,40-59,62-63,65-69H2,1-3H3,(H,103,116)(H,104,120)(H,106,121)(H,107,117)(H,109,122)/t71?,73?,87-,88-,101-/m0/s1. The van der Waals surface area contributed by atoms with E-state index in [0.29, 0.717) is 189 Å². The van der Waals surface area contributed by atoms with Crippen LogP contribution in [0, 0.1) is 11.8 Å². The van der Waals surface area contributed by atoms with E-state index in [4.69, 9.17) is 66.6 Å². The van der Waals surface area contributed by atoms with Gasteiger partial charge in [-0.05, 0) is 152 Å². The van der Waals surface area contributed by atoms with E-state index < -0.39 is 77.8 Å². The van der Waals surface area contributed by atoms with Crippen LogP contribution in [0.15, 0.2) is 187 Å². The van der Waals surface area contributed by atoms with Crippen molar-refractivity contribution in [3.05, 3.63) is 248 Å². The zero-order valence-electron chi connectivity index (χ0n) is 78.1. The van der Waals surface area contributed by atoms with Gasteiger partial charge in [0.05, 0.1) is 167 Å². The van der Waals surface area contributed by atoms with E-state index in [-0.39, 0.29) is 112 Å². The predicted octanol–water partition coefficient (Wildman–Crippen LogP) is 8.53. The smallest absolute Gasteiger partial charge is 0.508 e. The summed E-state index contributed by atoms with van der Waals surface area (Å²) in [5.41, 5.74) is 5.35. The predicted molar refractivity (Wildman–Crippen MR) is 505 cm³/mol. The highest BCUT2D eigenvalue weighted by molar-refractivity contribution is 6.13. The summed E-state index contributed by atoms with van der Waals surface area (Å²) in [6, 6.07) is 47.7. The number of hydrogen-bond acceptors (Lipinski definition) is 28. The molecule has 1 aliphatic carbocycles. The van der Waals surface area contributed by atoms with Gasteiger partial charge < -0.3 is 97.8 Å². The number of ether oxygens (including phenoxy) is 13. The van der Waals surface area contributed by atoms with Gasteiger partial charge in [-0.15, -0.1) is 5.10 Å². The second-order valence-electron chi connectivity index (χ2n) is 33.6. The van der Waals surface area contributed by atoms with E-state index >= 15 is 0 Å². The Hall–Kier alpha value is -13.0. The Balaban J connectivity index is 0.500. The van der Waals surface area contributed by atoms with Crippen molar-refractivity contribution in [2.75, 3.05) is 151 Å². The second kappa shape index (κ2) is 52.5. The van der Waals surface area contributed by atoms with Crippen molar-refractivity contribution >= 4 is 70.1 Å². The SMILES string of the molecule is CCc1c2c(nc3ccc(O)cc13)-c1cc3c(c(=O)n1C2)COC(=O)[C@@]3(CC)OC(=O)OCc1ccc(NC(=O)[C@H](CCCCNC(c2ccccc2)(c2ccccc2)c2ccc(OC)cc2)NC(=O)[C@H](Cc2ccccc2)NC(=O)COCC(=O)NCCOCCOCCOCCOCCOCCOCCOCCOCCn2cc(CNC(=O)C3CCC(CN4C(=O)C=CC4=O)CC3)nn2)cc1. The summed E-state index contributed by atoms with van der Waals surface area (Å²) < 4.78 is 76.3. The number of aromatic nitrogens is 5. The molecule has 0 bridgehead atoms. The molecule has 0 saturated heterocycles. The molecule has 1 fully saturated rings. The van der Waals surface area contributed by atoms with Crippen molar-refractivity contribution in [1.82, 2.24) is 56.0 Å². The number of amides is 7. The number of carbonyl (C=O) groups excluding carboxylic acids is 9. The molecule has 138 heavy (non-hydrogen) atoms. The Morgan fingerprint density at radius 2 is 1.19 bits per heavy atom. The quantitative estimate of drug-likeness (QED) is 0.00812. The van der Waals surface area contributed by atoms with Crippen molar-refractivity contribution in [2.24, 2.45) is 11.8 Å². The number of imide groups is 1. The van der Waals surface area contributed by atoms with Gasteiger partial charge in [-0.2, -0.15) is 0 Å². The summed E-state index contributed by atoms with van der Waals surface area (Å²) >= 11 is 0. The summed E-state index contributed by atoms with van der Waals surface area (Å²) in [5.74, 6) is -3.03. The maximum atomic E-state index is 14.8. The molecule has 1 saturated carbocycles. The van der Waals surface area contributed by atoms with Crippen LogP contribution in [0.1, 0.15) is 121 Å². The minimum absolute atomic E-state index is 0.0252. The van der Waals surface area contributed by atoms with Crippen molar-refractivity contribution < 1.29 is 110 Å². The number of aromatic hydroxyl groups is 1. The molecule has 13 rings (SSSR count). The number of unbranched alkanes of at least 4 members (excludes halogenated alkanes) is 1. The molecule has 0 radical (unpaired) electrons. The fraction of sp³-hybridized carbons (Fsp3) is 0.441. The molecule has 7 N–H and O–H groups in total. The van der Waals surface area contributed by atoms with Gasteiger partial charge in [-0.1, -0.05) is 134 Å². The summed E-state index contributed by atoms with van der Waals surface area (Å²) in [6.45, 7) is 9.66. The van der Waals surface area contributed by atoms with Gasteiger partial charge in [0.2, 0.25) is 35.1 Å². The Kier molecular flexibility index (Phi) is 39.0. The van der Waals surface area contributed by atoms with Crippen LogP contribution in [0.5, 0.6) is 11.5 Å². The molecule has 36 nitrogen and oxygen atoms in total. The molecule has 734 valence electrons. The molecule has 6 aromatic carbocycles. The number of cyclic esters (lactones) is 1. The number of benzene rings is 6. The number of carbonyl (C=O) groups is 9.